The molecule has 0 amide bonds. The molecule has 0 spiro atoms. The first kappa shape index (κ1) is 53.2. The van der Waals surface area contributed by atoms with Gasteiger partial charge in [-0.05, 0) is 72.8 Å². The Morgan fingerprint density at radius 3 is 0.828 bits per heavy atom. The van der Waals surface area contributed by atoms with Gasteiger partial charge < -0.3 is 9.80 Å². The van der Waals surface area contributed by atoms with E-state index in [2.05, 4.69) is 167 Å². The fraction of sp³-hybridized carbons (Fsp3) is 0.128. The Morgan fingerprint density at radius 2 is 0.638 bits per heavy atom. The monoisotopic (exact) mass is 1000 g/mol. The maximum atomic E-state index is 8.49. The fourth-order valence-electron chi connectivity index (χ4n) is 5.05. The summed E-state index contributed by atoms with van der Waals surface area (Å²) in [6.07, 6.45) is 5.69. The quantitative estimate of drug-likeness (QED) is 0.0880. The molecular weight excluding hydrogens is 963 g/mol. The van der Waals surface area contributed by atoms with Crippen molar-refractivity contribution in [1.82, 2.24) is 9.97 Å². The minimum absolute atomic E-state index is 0. The van der Waals surface area contributed by atoms with Crippen molar-refractivity contribution in [1.29, 1.82) is 0 Å². The molecule has 0 atom stereocenters. The second-order valence-electron chi connectivity index (χ2n) is 11.4. The van der Waals surface area contributed by atoms with Crippen molar-refractivity contribution in [2.24, 2.45) is 0 Å². The molecule has 6 aromatic rings. The molecule has 0 N–H and O–H groups in total. The van der Waals surface area contributed by atoms with Crippen LogP contribution in [-0.4, -0.2) is 42.0 Å². The third-order valence-corrected chi connectivity index (χ3v) is 13.1. The summed E-state index contributed by atoms with van der Waals surface area (Å²) in [5.41, 5.74) is 0. The van der Waals surface area contributed by atoms with Crippen molar-refractivity contribution in [3.8, 4) is 0 Å². The number of hydrogen-bond donors (Lipinski definition) is 0. The molecule has 12 nitrogen and oxygen atoms in total. The summed E-state index contributed by atoms with van der Waals surface area (Å²) in [6, 6.07) is 55.4. The predicted molar refractivity (Wildman–Crippen MR) is 213 cm³/mol. The van der Waals surface area contributed by atoms with Crippen LogP contribution in [0.4, 0.5) is 11.6 Å². The Labute approximate surface area is 369 Å². The molecular formula is C39H42Cl4N4O8P2Pd+2. The van der Waals surface area contributed by atoms with Crippen LogP contribution >= 0.6 is 39.0 Å². The molecule has 0 fully saturated rings. The summed E-state index contributed by atoms with van der Waals surface area (Å²) in [5.74, 6) is 2.05. The average Bonchev–Trinajstić information content (AvgIpc) is 3.20. The molecule has 0 aliphatic carbocycles. The Balaban J connectivity index is 0.000000441. The molecule has 0 aliphatic heterocycles. The van der Waals surface area contributed by atoms with Crippen LogP contribution in [0.2, 0.25) is 0 Å². The Kier molecular flexibility index (Phi) is 26.9. The first-order valence-corrected chi connectivity index (χ1v) is 23.6. The number of anilines is 2. The van der Waals surface area contributed by atoms with Gasteiger partial charge in [0.2, 0.25) is 0 Å². The van der Waals surface area contributed by atoms with Crippen LogP contribution in [0.5, 0.6) is 0 Å². The van der Waals surface area contributed by atoms with E-state index >= 15 is 0 Å². The van der Waals surface area contributed by atoms with E-state index in [0.717, 1.165) is 24.2 Å². The number of rotatable bonds is 10. The van der Waals surface area contributed by atoms with Crippen LogP contribution in [0, 0.1) is 20.5 Å². The molecule has 0 aliphatic rings. The summed E-state index contributed by atoms with van der Waals surface area (Å²) in [7, 11) is -7.36. The van der Waals surface area contributed by atoms with Gasteiger partial charge in [-0.15, -0.1) is 43.7 Å². The molecule has 0 saturated heterocycles. The zero-order valence-corrected chi connectivity index (χ0v) is 37.7. The van der Waals surface area contributed by atoms with Crippen LogP contribution in [0.15, 0.2) is 170 Å². The Morgan fingerprint density at radius 1 is 0.431 bits per heavy atom. The molecule has 6 rings (SSSR count). The molecule has 0 radical (unpaired) electrons. The number of alkyl halides is 2. The van der Waals surface area contributed by atoms with E-state index in [4.69, 9.17) is 60.5 Å². The number of halogens is 4. The number of benzene rings is 4. The average molecular weight is 1000 g/mol. The molecule has 2 heterocycles. The van der Waals surface area contributed by atoms with Crippen LogP contribution in [0.25, 0.3) is 0 Å². The van der Waals surface area contributed by atoms with Crippen molar-refractivity contribution in [3.63, 3.8) is 0 Å². The van der Waals surface area contributed by atoms with Gasteiger partial charge in [0.15, 0.2) is 0 Å². The van der Waals surface area contributed by atoms with Gasteiger partial charge >= 0.3 is 20.4 Å². The van der Waals surface area contributed by atoms with E-state index in [0.29, 0.717) is 0 Å². The van der Waals surface area contributed by atoms with E-state index in [1.807, 2.05) is 36.7 Å². The Bertz CT molecular complexity index is 1660. The smallest absolute Gasteiger partial charge is 0.327 e. The third-order valence-electron chi connectivity index (χ3n) is 7.36. The molecule has 58 heavy (non-hydrogen) atoms. The van der Waals surface area contributed by atoms with Gasteiger partial charge in [-0.1, -0.05) is 84.9 Å². The van der Waals surface area contributed by atoms with Crippen molar-refractivity contribution in [2.45, 2.75) is 0 Å². The van der Waals surface area contributed by atoms with E-state index < -0.39 is 36.3 Å². The largest absolute Gasteiger partial charge is 2.00 e. The van der Waals surface area contributed by atoms with Crippen LogP contribution in [0.3, 0.4) is 0 Å². The van der Waals surface area contributed by atoms with Crippen molar-refractivity contribution < 1.29 is 78.2 Å². The summed E-state index contributed by atoms with van der Waals surface area (Å²) in [6.45, 7) is 0. The van der Waals surface area contributed by atoms with Crippen LogP contribution in [0.1, 0.15) is 0 Å². The van der Waals surface area contributed by atoms with Gasteiger partial charge in [-0.3, -0.25) is 0 Å². The van der Waals surface area contributed by atoms with Crippen molar-refractivity contribution in [2.75, 3.05) is 41.8 Å². The van der Waals surface area contributed by atoms with Crippen LogP contribution < -0.4 is 68.3 Å². The molecule has 312 valence electrons. The van der Waals surface area contributed by atoms with E-state index in [9.17, 15) is 0 Å². The minimum Gasteiger partial charge on any atom is -0.327 e. The summed E-state index contributed by atoms with van der Waals surface area (Å²) in [4.78, 5) is 13.4. The van der Waals surface area contributed by atoms with Gasteiger partial charge in [-0.2, -0.15) is 0 Å². The second-order valence-corrected chi connectivity index (χ2v) is 18.5. The van der Waals surface area contributed by atoms with Crippen LogP contribution in [-0.2, 0) is 20.4 Å². The molecule has 19 heteroatoms. The van der Waals surface area contributed by atoms with Gasteiger partial charge in [-0.25, -0.2) is 47.2 Å². The van der Waals surface area contributed by atoms with Crippen molar-refractivity contribution in [3.05, 3.63) is 170 Å². The second kappa shape index (κ2) is 29.4. The Hall–Kier alpha value is -2.86. The van der Waals surface area contributed by atoms with Gasteiger partial charge in [0.1, 0.15) is 24.2 Å². The normalized spacial score (nSPS) is 10.4. The first-order valence-electron chi connectivity index (χ1n) is 16.6. The zero-order valence-electron chi connectivity index (χ0n) is 31.2. The molecule has 0 saturated carbocycles. The maximum absolute atomic E-state index is 8.49. The van der Waals surface area contributed by atoms with E-state index in [-0.39, 0.29) is 25.8 Å². The summed E-state index contributed by atoms with van der Waals surface area (Å²) in [5, 5.41) is 5.92. The maximum Gasteiger partial charge on any atom is 2.00 e. The summed E-state index contributed by atoms with van der Waals surface area (Å²) >= 11 is 9.53. The fourth-order valence-corrected chi connectivity index (χ4v) is 10.1. The summed E-state index contributed by atoms with van der Waals surface area (Å²) < 4.78 is 67.9. The first-order chi connectivity index (χ1) is 27.1. The van der Waals surface area contributed by atoms with Gasteiger partial charge in [0.25, 0.3) is 0 Å². The molecule has 0 unspecified atom stereocenters. The number of nitrogens with zero attached hydrogens (tertiary/aromatic N) is 4. The number of hydrogen-bond acceptors (Lipinski definition) is 12. The molecule has 0 bridgehead atoms. The van der Waals surface area contributed by atoms with E-state index in [1.165, 1.54) is 21.2 Å². The molecule has 2 aromatic heterocycles. The van der Waals surface area contributed by atoms with Crippen molar-refractivity contribution >= 4 is 71.9 Å². The zero-order chi connectivity index (χ0) is 42.1. The predicted octanol–water partition coefficient (Wildman–Crippen LogP) is -1.41. The SMILES string of the molecule is CN(C[PH+](c1ccccc1)c1ccccc1)c1ccccn1.CN(C[PH+](c1ccccc1)c1ccccc1)c1ccccn1.ClCCl.[O-][Cl+3]([O-])([O-])[O-].[O-][Cl+3]([O-])([O-])[O-].[Pd+2]. The topological polar surface area (TPSA) is 217 Å². The minimum atomic E-state index is -4.94. The number of aromatic nitrogens is 2. The molecule has 4 aromatic carbocycles. The standard InChI is InChI=1S/2C19H19N2P.CH2Cl2.2ClHO4.Pd/c2*1-21(19-14-8-9-15-20-19)16-22(17-10-4-2-5-11-17)18-12-6-3-7-13-18;2-1-3;2*2-1(3,4)5;/h2*2-15H,16H2,1H3;1H2;2*(H,2,3,4,5);/q;;;;;+2. The van der Waals surface area contributed by atoms with Gasteiger partial charge in [0, 0.05) is 26.5 Å². The van der Waals surface area contributed by atoms with Gasteiger partial charge in [0.05, 0.1) is 42.4 Å². The van der Waals surface area contributed by atoms with E-state index in [1.54, 1.807) is 0 Å². The third kappa shape index (κ3) is 24.3. The number of pyridine rings is 2.